The summed E-state index contributed by atoms with van der Waals surface area (Å²) >= 11 is 1.40. The number of benzene rings is 2. The Bertz CT molecular complexity index is 1290. The van der Waals surface area contributed by atoms with Crippen LogP contribution in [0.25, 0.3) is 21.5 Å². The Morgan fingerprint density at radius 3 is 2.67 bits per heavy atom. The number of methoxy groups -OCH3 is 1. The smallest absolute Gasteiger partial charge is 0.275 e. The number of anilines is 1. The largest absolute Gasteiger partial charge is 0.496 e. The van der Waals surface area contributed by atoms with Crippen molar-refractivity contribution in [1.29, 1.82) is 0 Å². The van der Waals surface area contributed by atoms with Crippen molar-refractivity contribution < 1.29 is 14.3 Å². The van der Waals surface area contributed by atoms with Crippen LogP contribution in [0.15, 0.2) is 60.1 Å². The number of ether oxygens (including phenoxy) is 1. The minimum Gasteiger partial charge on any atom is -0.496 e. The standard InChI is InChI=1S/C25H26N4O3S/c1-4-28(5-2)23(30)15-29-13-12-17-14-18(10-11-21(17)29)26-24(31)20-16-33-25(27-20)19-8-6-7-9-22(19)32-3/h6-14,16H,4-5,15H2,1-3H3,(H,26,31). The van der Waals surface area contributed by atoms with Crippen LogP contribution in [0.4, 0.5) is 5.69 Å². The molecule has 0 aliphatic carbocycles. The minimum atomic E-state index is -0.275. The molecule has 7 nitrogen and oxygen atoms in total. The monoisotopic (exact) mass is 462 g/mol. The van der Waals surface area contributed by atoms with Crippen molar-refractivity contribution in [2.75, 3.05) is 25.5 Å². The van der Waals surface area contributed by atoms with E-state index in [-0.39, 0.29) is 11.8 Å². The molecule has 0 saturated heterocycles. The molecule has 4 rings (SSSR count). The van der Waals surface area contributed by atoms with E-state index in [0.717, 1.165) is 21.5 Å². The van der Waals surface area contributed by atoms with E-state index in [1.807, 2.05) is 78.0 Å². The molecule has 2 heterocycles. The summed E-state index contributed by atoms with van der Waals surface area (Å²) in [4.78, 5) is 31.6. The molecule has 2 amide bonds. The number of para-hydroxylation sites is 1. The molecule has 33 heavy (non-hydrogen) atoms. The third-order valence-electron chi connectivity index (χ3n) is 5.52. The molecule has 8 heteroatoms. The fraction of sp³-hybridized carbons (Fsp3) is 0.240. The Hall–Kier alpha value is -3.65. The van der Waals surface area contributed by atoms with Gasteiger partial charge in [0.25, 0.3) is 5.91 Å². The average Bonchev–Trinajstić information content (AvgIpc) is 3.47. The highest BCUT2D eigenvalue weighted by molar-refractivity contribution is 7.13. The van der Waals surface area contributed by atoms with Gasteiger partial charge in [0, 0.05) is 41.3 Å². The average molecular weight is 463 g/mol. The molecule has 0 spiro atoms. The number of rotatable bonds is 8. The molecule has 170 valence electrons. The molecular weight excluding hydrogens is 436 g/mol. The number of amides is 2. The van der Waals surface area contributed by atoms with Crippen molar-refractivity contribution in [2.45, 2.75) is 20.4 Å². The minimum absolute atomic E-state index is 0.0873. The zero-order valence-corrected chi connectivity index (χ0v) is 19.7. The molecule has 0 bridgehead atoms. The van der Waals surface area contributed by atoms with Crippen LogP contribution in [0.5, 0.6) is 5.75 Å². The molecule has 0 saturated carbocycles. The SMILES string of the molecule is CCN(CC)C(=O)Cn1ccc2cc(NC(=O)c3csc(-c4ccccc4OC)n3)ccc21. The summed E-state index contributed by atoms with van der Waals surface area (Å²) in [6.45, 7) is 5.64. The van der Waals surface area contributed by atoms with Crippen LogP contribution in [0.3, 0.4) is 0 Å². The van der Waals surface area contributed by atoms with Crippen LogP contribution < -0.4 is 10.1 Å². The molecule has 4 aromatic rings. The highest BCUT2D eigenvalue weighted by Gasteiger charge is 2.16. The lowest BCUT2D eigenvalue weighted by Gasteiger charge is -2.19. The van der Waals surface area contributed by atoms with E-state index in [0.29, 0.717) is 36.8 Å². The highest BCUT2D eigenvalue weighted by Crippen LogP contribution is 2.32. The number of carbonyl (C=O) groups excluding carboxylic acids is 2. The third-order valence-corrected chi connectivity index (χ3v) is 6.40. The summed E-state index contributed by atoms with van der Waals surface area (Å²) in [7, 11) is 1.61. The van der Waals surface area contributed by atoms with Gasteiger partial charge < -0.3 is 19.5 Å². The van der Waals surface area contributed by atoms with Crippen LogP contribution >= 0.6 is 11.3 Å². The Morgan fingerprint density at radius 2 is 1.91 bits per heavy atom. The van der Waals surface area contributed by atoms with Gasteiger partial charge in [-0.3, -0.25) is 9.59 Å². The lowest BCUT2D eigenvalue weighted by atomic mass is 10.2. The zero-order chi connectivity index (χ0) is 23.4. The predicted molar refractivity (Wildman–Crippen MR) is 132 cm³/mol. The van der Waals surface area contributed by atoms with E-state index in [1.54, 1.807) is 12.5 Å². The molecule has 2 aromatic heterocycles. The van der Waals surface area contributed by atoms with Gasteiger partial charge in [0.15, 0.2) is 0 Å². The van der Waals surface area contributed by atoms with Gasteiger partial charge in [-0.1, -0.05) is 12.1 Å². The number of carbonyl (C=O) groups is 2. The summed E-state index contributed by atoms with van der Waals surface area (Å²) in [5.74, 6) is 0.528. The lowest BCUT2D eigenvalue weighted by molar-refractivity contribution is -0.131. The molecule has 0 atom stereocenters. The van der Waals surface area contributed by atoms with Crippen molar-refractivity contribution >= 4 is 39.7 Å². The molecular formula is C25H26N4O3S. The number of likely N-dealkylation sites (N-methyl/N-ethyl adjacent to an activating group) is 1. The maximum Gasteiger partial charge on any atom is 0.275 e. The number of nitrogens with zero attached hydrogens (tertiary/aromatic N) is 3. The number of nitrogens with one attached hydrogen (secondary N) is 1. The van der Waals surface area contributed by atoms with E-state index in [9.17, 15) is 9.59 Å². The van der Waals surface area contributed by atoms with E-state index >= 15 is 0 Å². The topological polar surface area (TPSA) is 76.5 Å². The number of hydrogen-bond donors (Lipinski definition) is 1. The quantitative estimate of drug-likeness (QED) is 0.404. The van der Waals surface area contributed by atoms with E-state index < -0.39 is 0 Å². The first-order valence-electron chi connectivity index (χ1n) is 10.8. The summed E-state index contributed by atoms with van der Waals surface area (Å²) in [6, 6.07) is 15.2. The molecule has 0 fully saturated rings. The van der Waals surface area contributed by atoms with Crippen LogP contribution in [-0.2, 0) is 11.3 Å². The Balaban J connectivity index is 1.49. The first-order valence-corrected chi connectivity index (χ1v) is 11.7. The summed E-state index contributed by atoms with van der Waals surface area (Å²) in [6.07, 6.45) is 1.90. The van der Waals surface area contributed by atoms with E-state index in [2.05, 4.69) is 10.3 Å². The number of aromatic nitrogens is 2. The maximum absolute atomic E-state index is 12.8. The fourth-order valence-electron chi connectivity index (χ4n) is 3.76. The summed E-state index contributed by atoms with van der Waals surface area (Å²) < 4.78 is 7.33. The number of fused-ring (bicyclic) bond motifs is 1. The van der Waals surface area contributed by atoms with Gasteiger partial charge in [-0.25, -0.2) is 4.98 Å². The van der Waals surface area contributed by atoms with Gasteiger partial charge in [-0.2, -0.15) is 0 Å². The van der Waals surface area contributed by atoms with Gasteiger partial charge in [0.2, 0.25) is 5.91 Å². The number of thiazole rings is 1. The first kappa shape index (κ1) is 22.5. The maximum atomic E-state index is 12.8. The van der Waals surface area contributed by atoms with Crippen molar-refractivity contribution in [3.05, 3.63) is 65.8 Å². The Kier molecular flexibility index (Phi) is 6.74. The van der Waals surface area contributed by atoms with Crippen LogP contribution in [0.1, 0.15) is 24.3 Å². The van der Waals surface area contributed by atoms with Gasteiger partial charge in [0.05, 0.1) is 12.7 Å². The van der Waals surface area contributed by atoms with E-state index in [4.69, 9.17) is 4.74 Å². The first-order chi connectivity index (χ1) is 16.0. The second-order valence-electron chi connectivity index (χ2n) is 7.48. The van der Waals surface area contributed by atoms with Crippen molar-refractivity contribution in [2.24, 2.45) is 0 Å². The van der Waals surface area contributed by atoms with Crippen LogP contribution in [-0.4, -0.2) is 46.5 Å². The Labute approximate surface area is 196 Å². The van der Waals surface area contributed by atoms with Crippen molar-refractivity contribution in [3.8, 4) is 16.3 Å². The van der Waals surface area contributed by atoms with Gasteiger partial charge in [-0.15, -0.1) is 11.3 Å². The highest BCUT2D eigenvalue weighted by atomic mass is 32.1. The molecule has 2 aromatic carbocycles. The molecule has 0 radical (unpaired) electrons. The molecule has 0 unspecified atom stereocenters. The number of hydrogen-bond acceptors (Lipinski definition) is 5. The summed E-state index contributed by atoms with van der Waals surface area (Å²) in [5.41, 5.74) is 2.82. The zero-order valence-electron chi connectivity index (χ0n) is 18.9. The van der Waals surface area contributed by atoms with Gasteiger partial charge >= 0.3 is 0 Å². The van der Waals surface area contributed by atoms with Crippen molar-refractivity contribution in [1.82, 2.24) is 14.5 Å². The Morgan fingerprint density at radius 1 is 1.12 bits per heavy atom. The van der Waals surface area contributed by atoms with E-state index in [1.165, 1.54) is 11.3 Å². The fourth-order valence-corrected chi connectivity index (χ4v) is 4.59. The summed E-state index contributed by atoms with van der Waals surface area (Å²) in [5, 5.41) is 6.34. The van der Waals surface area contributed by atoms with Crippen LogP contribution in [0, 0.1) is 0 Å². The molecule has 1 N–H and O–H groups in total. The predicted octanol–water partition coefficient (Wildman–Crippen LogP) is 4.89. The third kappa shape index (κ3) is 4.75. The normalized spacial score (nSPS) is 10.9. The molecule has 0 aliphatic heterocycles. The molecule has 0 aliphatic rings. The van der Waals surface area contributed by atoms with Crippen molar-refractivity contribution in [3.63, 3.8) is 0 Å². The van der Waals surface area contributed by atoms with Gasteiger partial charge in [0.1, 0.15) is 23.0 Å². The van der Waals surface area contributed by atoms with Crippen LogP contribution in [0.2, 0.25) is 0 Å². The lowest BCUT2D eigenvalue weighted by Crippen LogP contribution is -2.33. The second kappa shape index (κ2) is 9.87. The van der Waals surface area contributed by atoms with Gasteiger partial charge in [-0.05, 0) is 50.2 Å². The second-order valence-corrected chi connectivity index (χ2v) is 8.33.